The lowest BCUT2D eigenvalue weighted by Gasteiger charge is -2.24. The first-order valence-corrected chi connectivity index (χ1v) is 6.60. The number of rotatable bonds is 3. The summed E-state index contributed by atoms with van der Waals surface area (Å²) in [5.41, 5.74) is 1.77. The maximum atomic E-state index is 12.2. The predicted molar refractivity (Wildman–Crippen MR) is 66.9 cm³/mol. The number of fused-ring (bicyclic) bond motifs is 1. The predicted octanol–water partition coefficient (Wildman–Crippen LogP) is 3.65. The normalized spacial score (nSPS) is 18.4. The van der Waals surface area contributed by atoms with E-state index >= 15 is 0 Å². The van der Waals surface area contributed by atoms with Gasteiger partial charge in [-0.2, -0.15) is 0 Å². The van der Waals surface area contributed by atoms with Crippen molar-refractivity contribution < 1.29 is 9.53 Å². The highest BCUT2D eigenvalue weighted by Crippen LogP contribution is 2.36. The average Bonchev–Trinajstić information content (AvgIpc) is 2.69. The number of hydrogen-bond acceptors (Lipinski definition) is 2. The van der Waals surface area contributed by atoms with Gasteiger partial charge in [-0.15, -0.1) is 0 Å². The van der Waals surface area contributed by atoms with Crippen LogP contribution in [0.1, 0.15) is 41.6 Å². The first-order valence-electron chi connectivity index (χ1n) is 6.22. The molecule has 1 heterocycles. The molecule has 2 nitrogen and oxygen atoms in total. The van der Waals surface area contributed by atoms with Crippen LogP contribution in [0.3, 0.4) is 0 Å². The smallest absolute Gasteiger partial charge is 0.166 e. The van der Waals surface area contributed by atoms with Crippen molar-refractivity contribution in [1.82, 2.24) is 0 Å². The number of halogens is 1. The van der Waals surface area contributed by atoms with Gasteiger partial charge in [-0.05, 0) is 23.6 Å². The van der Waals surface area contributed by atoms with Gasteiger partial charge >= 0.3 is 0 Å². The number of ether oxygens (including phenoxy) is 1. The van der Waals surface area contributed by atoms with Gasteiger partial charge in [0.05, 0.1) is 12.2 Å². The highest BCUT2D eigenvalue weighted by Gasteiger charge is 2.26. The van der Waals surface area contributed by atoms with Crippen molar-refractivity contribution in [2.75, 3.05) is 6.61 Å². The summed E-state index contributed by atoms with van der Waals surface area (Å²) in [6.07, 6.45) is 5.16. The van der Waals surface area contributed by atoms with Gasteiger partial charge in [0.2, 0.25) is 0 Å². The molecule has 1 aromatic rings. The molecular formula is C14H15ClO2. The minimum Gasteiger partial charge on any atom is -0.492 e. The second-order valence-corrected chi connectivity index (χ2v) is 5.40. The van der Waals surface area contributed by atoms with Crippen molar-refractivity contribution in [2.45, 2.75) is 32.1 Å². The first kappa shape index (κ1) is 11.1. The minimum atomic E-state index is 0.190. The third-order valence-electron chi connectivity index (χ3n) is 3.75. The van der Waals surface area contributed by atoms with E-state index in [4.69, 9.17) is 16.3 Å². The molecule has 0 atom stereocenters. The van der Waals surface area contributed by atoms with Crippen molar-refractivity contribution >= 4 is 17.4 Å². The van der Waals surface area contributed by atoms with Crippen LogP contribution >= 0.6 is 11.6 Å². The summed E-state index contributed by atoms with van der Waals surface area (Å²) >= 11 is 6.05. The van der Waals surface area contributed by atoms with Gasteiger partial charge in [-0.3, -0.25) is 4.79 Å². The van der Waals surface area contributed by atoms with Crippen molar-refractivity contribution in [1.29, 1.82) is 0 Å². The summed E-state index contributed by atoms with van der Waals surface area (Å²) in [5, 5.41) is 0.645. The Hall–Kier alpha value is -1.02. The molecule has 0 unspecified atom stereocenters. The Morgan fingerprint density at radius 3 is 2.94 bits per heavy atom. The maximum absolute atomic E-state index is 12.2. The Balaban J connectivity index is 1.88. The van der Waals surface area contributed by atoms with E-state index in [1.807, 2.05) is 6.07 Å². The maximum Gasteiger partial charge on any atom is 0.166 e. The van der Waals surface area contributed by atoms with Crippen LogP contribution in [0.15, 0.2) is 12.1 Å². The van der Waals surface area contributed by atoms with Crippen LogP contribution in [0.5, 0.6) is 5.75 Å². The SMILES string of the molecule is O=C(CC1CCC1)c1cc(Cl)cc2c1OCC2. The molecule has 3 rings (SSSR count). The Bertz CT molecular complexity index is 464. The monoisotopic (exact) mass is 250 g/mol. The number of benzene rings is 1. The van der Waals surface area contributed by atoms with E-state index in [1.165, 1.54) is 19.3 Å². The first-order chi connectivity index (χ1) is 8.24. The molecule has 0 radical (unpaired) electrons. The van der Waals surface area contributed by atoms with Crippen LogP contribution in [-0.4, -0.2) is 12.4 Å². The van der Waals surface area contributed by atoms with Crippen molar-refractivity contribution in [3.63, 3.8) is 0 Å². The van der Waals surface area contributed by atoms with Crippen LogP contribution in [0.2, 0.25) is 5.02 Å². The van der Waals surface area contributed by atoms with Crippen LogP contribution < -0.4 is 4.74 Å². The van der Waals surface area contributed by atoms with Crippen LogP contribution in [-0.2, 0) is 6.42 Å². The van der Waals surface area contributed by atoms with E-state index in [0.29, 0.717) is 29.5 Å². The third-order valence-corrected chi connectivity index (χ3v) is 3.97. The van der Waals surface area contributed by atoms with Gasteiger partial charge in [0.15, 0.2) is 5.78 Å². The van der Waals surface area contributed by atoms with Crippen LogP contribution in [0.25, 0.3) is 0 Å². The molecule has 90 valence electrons. The average molecular weight is 251 g/mol. The highest BCUT2D eigenvalue weighted by atomic mass is 35.5. The summed E-state index contributed by atoms with van der Waals surface area (Å²) < 4.78 is 5.56. The number of hydrogen-bond donors (Lipinski definition) is 0. The number of ketones is 1. The summed E-state index contributed by atoms with van der Waals surface area (Å²) in [6, 6.07) is 3.66. The lowest BCUT2D eigenvalue weighted by Crippen LogP contribution is -2.16. The second kappa shape index (κ2) is 4.34. The molecule has 1 aliphatic carbocycles. The van der Waals surface area contributed by atoms with Gasteiger partial charge in [-0.1, -0.05) is 30.9 Å². The molecule has 1 aromatic carbocycles. The van der Waals surface area contributed by atoms with Crippen LogP contribution in [0, 0.1) is 5.92 Å². The zero-order valence-corrected chi connectivity index (χ0v) is 10.4. The van der Waals surface area contributed by atoms with Crippen molar-refractivity contribution in [3.8, 4) is 5.75 Å². The molecule has 3 heteroatoms. The van der Waals surface area contributed by atoms with E-state index in [0.717, 1.165) is 17.7 Å². The van der Waals surface area contributed by atoms with E-state index < -0.39 is 0 Å². The quantitative estimate of drug-likeness (QED) is 0.766. The molecule has 0 N–H and O–H groups in total. The third kappa shape index (κ3) is 2.06. The molecule has 0 aromatic heterocycles. The highest BCUT2D eigenvalue weighted by molar-refractivity contribution is 6.31. The molecule has 0 saturated heterocycles. The van der Waals surface area contributed by atoms with Gasteiger partial charge < -0.3 is 4.74 Å². The molecule has 1 saturated carbocycles. The van der Waals surface area contributed by atoms with Crippen LogP contribution in [0.4, 0.5) is 0 Å². The van der Waals surface area contributed by atoms with E-state index in [2.05, 4.69) is 0 Å². The Labute approximate surface area is 106 Å². The largest absolute Gasteiger partial charge is 0.492 e. The Morgan fingerprint density at radius 2 is 2.24 bits per heavy atom. The van der Waals surface area contributed by atoms with Gasteiger partial charge in [0.1, 0.15) is 5.75 Å². The Morgan fingerprint density at radius 1 is 1.41 bits per heavy atom. The number of carbonyl (C=O) groups is 1. The van der Waals surface area contributed by atoms with Crippen molar-refractivity contribution in [2.24, 2.45) is 5.92 Å². The van der Waals surface area contributed by atoms with Gasteiger partial charge in [0.25, 0.3) is 0 Å². The number of Topliss-reactive ketones (excluding diaryl/α,β-unsaturated/α-hetero) is 1. The fourth-order valence-corrected chi connectivity index (χ4v) is 2.79. The minimum absolute atomic E-state index is 0.190. The summed E-state index contributed by atoms with van der Waals surface area (Å²) in [7, 11) is 0. The molecule has 17 heavy (non-hydrogen) atoms. The summed E-state index contributed by atoms with van der Waals surface area (Å²) in [4.78, 5) is 12.2. The fourth-order valence-electron chi connectivity index (χ4n) is 2.55. The Kier molecular flexibility index (Phi) is 2.83. The zero-order valence-electron chi connectivity index (χ0n) is 9.67. The van der Waals surface area contributed by atoms with E-state index in [-0.39, 0.29) is 5.78 Å². The zero-order chi connectivity index (χ0) is 11.8. The number of carbonyl (C=O) groups excluding carboxylic acids is 1. The fraction of sp³-hybridized carbons (Fsp3) is 0.500. The lowest BCUT2D eigenvalue weighted by molar-refractivity contribution is 0.0933. The van der Waals surface area contributed by atoms with Gasteiger partial charge in [0, 0.05) is 17.9 Å². The molecule has 0 spiro atoms. The van der Waals surface area contributed by atoms with E-state index in [9.17, 15) is 4.79 Å². The second-order valence-electron chi connectivity index (χ2n) is 4.96. The molecule has 0 bridgehead atoms. The van der Waals surface area contributed by atoms with Crippen molar-refractivity contribution in [3.05, 3.63) is 28.3 Å². The standard InChI is InChI=1S/C14H15ClO2/c15-11-7-10-4-5-17-14(10)12(8-11)13(16)6-9-2-1-3-9/h7-9H,1-6H2. The summed E-state index contributed by atoms with van der Waals surface area (Å²) in [6.45, 7) is 0.666. The summed E-state index contributed by atoms with van der Waals surface area (Å²) in [5.74, 6) is 1.55. The molecule has 1 fully saturated rings. The molecule has 2 aliphatic rings. The molecule has 0 amide bonds. The van der Waals surface area contributed by atoms with E-state index in [1.54, 1.807) is 6.07 Å². The van der Waals surface area contributed by atoms with Gasteiger partial charge in [-0.25, -0.2) is 0 Å². The lowest BCUT2D eigenvalue weighted by atomic mass is 9.81. The molecule has 1 aliphatic heterocycles. The topological polar surface area (TPSA) is 26.3 Å². The molecular weight excluding hydrogens is 236 g/mol.